The summed E-state index contributed by atoms with van der Waals surface area (Å²) in [4.78, 5) is 7.38. The molecule has 0 aliphatic carbocycles. The van der Waals surface area contributed by atoms with E-state index in [4.69, 9.17) is 11.6 Å². The van der Waals surface area contributed by atoms with Gasteiger partial charge in [-0.2, -0.15) is 0 Å². The molecule has 3 N–H and O–H groups in total. The first-order valence-corrected chi connectivity index (χ1v) is 6.08. The number of imidazole rings is 1. The van der Waals surface area contributed by atoms with Crippen LogP contribution in [0.1, 0.15) is 11.1 Å². The molecule has 92 valence electrons. The van der Waals surface area contributed by atoms with Gasteiger partial charge in [0.15, 0.2) is 0 Å². The topological polar surface area (TPSA) is 60.9 Å². The Hall–Kier alpha value is -1.26. The summed E-state index contributed by atoms with van der Waals surface area (Å²) in [6.45, 7) is 4.52. The SMILES string of the molecule is Cc1cc2[nH]cnc2c(NCC(O)CCl)c1C. The minimum atomic E-state index is -0.550. The molecule has 1 aromatic carbocycles. The molecule has 0 aliphatic heterocycles. The van der Waals surface area contributed by atoms with E-state index in [0.29, 0.717) is 6.54 Å². The number of aliphatic hydroxyl groups excluding tert-OH is 1. The largest absolute Gasteiger partial charge is 0.390 e. The smallest absolute Gasteiger partial charge is 0.112 e. The fourth-order valence-electron chi connectivity index (χ4n) is 1.80. The van der Waals surface area contributed by atoms with Crippen molar-refractivity contribution < 1.29 is 5.11 Å². The number of anilines is 1. The maximum Gasteiger partial charge on any atom is 0.112 e. The van der Waals surface area contributed by atoms with Gasteiger partial charge in [0.25, 0.3) is 0 Å². The van der Waals surface area contributed by atoms with Crippen LogP contribution in [0.2, 0.25) is 0 Å². The third-order valence-corrected chi connectivity index (χ3v) is 3.28. The molecule has 2 aromatic rings. The number of aryl methyl sites for hydroxylation is 1. The van der Waals surface area contributed by atoms with Crippen molar-refractivity contribution in [2.45, 2.75) is 20.0 Å². The number of hydrogen-bond donors (Lipinski definition) is 3. The van der Waals surface area contributed by atoms with Gasteiger partial charge in [-0.15, -0.1) is 11.6 Å². The van der Waals surface area contributed by atoms with Gasteiger partial charge in [-0.1, -0.05) is 0 Å². The van der Waals surface area contributed by atoms with Gasteiger partial charge < -0.3 is 15.4 Å². The zero-order chi connectivity index (χ0) is 12.4. The van der Waals surface area contributed by atoms with Crippen LogP contribution in [-0.4, -0.2) is 33.6 Å². The van der Waals surface area contributed by atoms with Crippen molar-refractivity contribution in [3.05, 3.63) is 23.5 Å². The Morgan fingerprint density at radius 2 is 2.29 bits per heavy atom. The van der Waals surface area contributed by atoms with Crippen molar-refractivity contribution in [1.29, 1.82) is 0 Å². The molecular formula is C12H16ClN3O. The van der Waals surface area contributed by atoms with E-state index < -0.39 is 6.10 Å². The first-order chi connectivity index (χ1) is 8.13. The number of rotatable bonds is 4. The van der Waals surface area contributed by atoms with E-state index in [9.17, 15) is 5.11 Å². The van der Waals surface area contributed by atoms with Crippen LogP contribution < -0.4 is 5.32 Å². The molecule has 2 rings (SSSR count). The van der Waals surface area contributed by atoms with Crippen LogP contribution in [0.3, 0.4) is 0 Å². The maximum atomic E-state index is 9.48. The zero-order valence-corrected chi connectivity index (χ0v) is 10.7. The second-order valence-electron chi connectivity index (χ2n) is 4.18. The van der Waals surface area contributed by atoms with Gasteiger partial charge in [-0.3, -0.25) is 0 Å². The third-order valence-electron chi connectivity index (χ3n) is 2.93. The summed E-state index contributed by atoms with van der Waals surface area (Å²) in [7, 11) is 0. The van der Waals surface area contributed by atoms with Crippen molar-refractivity contribution in [2.75, 3.05) is 17.7 Å². The molecule has 0 bridgehead atoms. The van der Waals surface area contributed by atoms with E-state index >= 15 is 0 Å². The number of aliphatic hydroxyl groups is 1. The molecular weight excluding hydrogens is 238 g/mol. The molecule has 0 spiro atoms. The molecule has 0 saturated heterocycles. The highest BCUT2D eigenvalue weighted by Crippen LogP contribution is 2.27. The number of nitrogens with one attached hydrogen (secondary N) is 2. The number of benzene rings is 1. The highest BCUT2D eigenvalue weighted by molar-refractivity contribution is 6.18. The van der Waals surface area contributed by atoms with E-state index in [1.54, 1.807) is 6.33 Å². The molecule has 4 nitrogen and oxygen atoms in total. The predicted octanol–water partition coefficient (Wildman–Crippen LogP) is 2.19. The number of H-pyrrole nitrogens is 1. The van der Waals surface area contributed by atoms with E-state index in [-0.39, 0.29) is 5.88 Å². The van der Waals surface area contributed by atoms with Crippen LogP contribution >= 0.6 is 11.6 Å². The minimum absolute atomic E-state index is 0.224. The summed E-state index contributed by atoms with van der Waals surface area (Å²) in [5, 5.41) is 12.7. The van der Waals surface area contributed by atoms with E-state index in [0.717, 1.165) is 22.3 Å². The Kier molecular flexibility index (Phi) is 3.54. The van der Waals surface area contributed by atoms with Crippen molar-refractivity contribution in [3.8, 4) is 0 Å². The predicted molar refractivity (Wildman–Crippen MR) is 70.8 cm³/mol. The Labute approximate surface area is 105 Å². The number of alkyl halides is 1. The van der Waals surface area contributed by atoms with Crippen LogP contribution in [0.15, 0.2) is 12.4 Å². The molecule has 1 aromatic heterocycles. The average Bonchev–Trinajstić information content (AvgIpc) is 2.76. The summed E-state index contributed by atoms with van der Waals surface area (Å²) in [6.07, 6.45) is 1.12. The van der Waals surface area contributed by atoms with E-state index in [1.165, 1.54) is 5.56 Å². The maximum absolute atomic E-state index is 9.48. The number of fused-ring (bicyclic) bond motifs is 1. The summed E-state index contributed by atoms with van der Waals surface area (Å²) < 4.78 is 0. The third kappa shape index (κ3) is 2.37. The van der Waals surface area contributed by atoms with Crippen LogP contribution in [0.5, 0.6) is 0 Å². The minimum Gasteiger partial charge on any atom is -0.390 e. The zero-order valence-electron chi connectivity index (χ0n) is 9.92. The lowest BCUT2D eigenvalue weighted by atomic mass is 10.1. The van der Waals surface area contributed by atoms with Crippen molar-refractivity contribution in [2.24, 2.45) is 0 Å². The van der Waals surface area contributed by atoms with Crippen LogP contribution in [0, 0.1) is 13.8 Å². The standard InChI is InChI=1S/C12H16ClN3O/c1-7-3-10-12(16-6-15-10)11(8(7)2)14-5-9(17)4-13/h3,6,9,14,17H,4-5H2,1-2H3,(H,15,16). The molecule has 0 saturated carbocycles. The highest BCUT2D eigenvalue weighted by atomic mass is 35.5. The second kappa shape index (κ2) is 4.94. The average molecular weight is 254 g/mol. The Balaban J connectivity index is 2.36. The molecule has 5 heteroatoms. The summed E-state index contributed by atoms with van der Waals surface area (Å²) in [5.74, 6) is 0.224. The fourth-order valence-corrected chi connectivity index (χ4v) is 1.91. The Morgan fingerprint density at radius 3 is 3.00 bits per heavy atom. The summed E-state index contributed by atoms with van der Waals surface area (Å²) >= 11 is 5.57. The lowest BCUT2D eigenvalue weighted by Gasteiger charge is -2.14. The van der Waals surface area contributed by atoms with Crippen molar-refractivity contribution in [1.82, 2.24) is 9.97 Å². The Morgan fingerprint density at radius 1 is 1.53 bits per heavy atom. The molecule has 0 amide bonds. The lowest BCUT2D eigenvalue weighted by Crippen LogP contribution is -2.21. The summed E-state index contributed by atoms with van der Waals surface area (Å²) in [5.41, 5.74) is 5.19. The normalized spacial score (nSPS) is 12.9. The number of halogens is 1. The van der Waals surface area contributed by atoms with Gasteiger partial charge in [0.05, 0.1) is 29.5 Å². The molecule has 0 aliphatic rings. The van der Waals surface area contributed by atoms with Crippen molar-refractivity contribution in [3.63, 3.8) is 0 Å². The second-order valence-corrected chi connectivity index (χ2v) is 4.49. The number of nitrogens with zero attached hydrogens (tertiary/aromatic N) is 1. The van der Waals surface area contributed by atoms with Crippen LogP contribution in [0.4, 0.5) is 5.69 Å². The van der Waals surface area contributed by atoms with Gasteiger partial charge in [0, 0.05) is 6.54 Å². The monoisotopic (exact) mass is 253 g/mol. The molecule has 1 unspecified atom stereocenters. The number of aromatic amines is 1. The Bertz CT molecular complexity index is 524. The molecule has 0 radical (unpaired) electrons. The molecule has 1 atom stereocenters. The van der Waals surface area contributed by atoms with E-state index in [1.807, 2.05) is 6.92 Å². The van der Waals surface area contributed by atoms with Gasteiger partial charge in [0.1, 0.15) is 5.52 Å². The van der Waals surface area contributed by atoms with Gasteiger partial charge in [-0.05, 0) is 31.0 Å². The quantitative estimate of drug-likeness (QED) is 0.732. The van der Waals surface area contributed by atoms with Crippen molar-refractivity contribution >= 4 is 28.3 Å². The molecule has 0 fully saturated rings. The van der Waals surface area contributed by atoms with Gasteiger partial charge in [0.2, 0.25) is 0 Å². The fraction of sp³-hybridized carbons (Fsp3) is 0.417. The first-order valence-electron chi connectivity index (χ1n) is 5.54. The first kappa shape index (κ1) is 12.2. The highest BCUT2D eigenvalue weighted by Gasteiger charge is 2.11. The van der Waals surface area contributed by atoms with Crippen LogP contribution in [0.25, 0.3) is 11.0 Å². The van der Waals surface area contributed by atoms with Gasteiger partial charge >= 0.3 is 0 Å². The summed E-state index contributed by atoms with van der Waals surface area (Å²) in [6, 6.07) is 2.07. The van der Waals surface area contributed by atoms with Gasteiger partial charge in [-0.25, -0.2) is 4.98 Å². The van der Waals surface area contributed by atoms with E-state index in [2.05, 4.69) is 28.3 Å². The lowest BCUT2D eigenvalue weighted by molar-refractivity contribution is 0.211. The number of aromatic nitrogens is 2. The number of hydrogen-bond acceptors (Lipinski definition) is 3. The van der Waals surface area contributed by atoms with Crippen LogP contribution in [-0.2, 0) is 0 Å². The molecule has 17 heavy (non-hydrogen) atoms. The molecule has 1 heterocycles.